The van der Waals surface area contributed by atoms with Gasteiger partial charge in [-0.25, -0.2) is 0 Å². The first kappa shape index (κ1) is 24.3. The molecule has 0 bridgehead atoms. The van der Waals surface area contributed by atoms with Gasteiger partial charge < -0.3 is 0 Å². The highest BCUT2D eigenvalue weighted by atomic mass is 32.2. The van der Waals surface area contributed by atoms with Gasteiger partial charge >= 0.3 is 10.1 Å². The zero-order valence-electron chi connectivity index (χ0n) is 17.8. The third-order valence-corrected chi connectivity index (χ3v) is 5.81. The molecule has 0 saturated heterocycles. The predicted octanol–water partition coefficient (Wildman–Crippen LogP) is 4.35. The fraction of sp³-hybridized carbons (Fsp3) is 0.409. The van der Waals surface area contributed by atoms with Crippen LogP contribution in [0, 0.1) is 17.0 Å². The summed E-state index contributed by atoms with van der Waals surface area (Å²) < 4.78 is 30.7. The Morgan fingerprint density at radius 2 is 1.68 bits per heavy atom. The molecule has 2 rings (SSSR count). The van der Waals surface area contributed by atoms with Crippen LogP contribution in [0.4, 0.5) is 5.69 Å². The van der Waals surface area contributed by atoms with Gasteiger partial charge in [0.1, 0.15) is 0 Å². The zero-order chi connectivity index (χ0) is 22.9. The molecule has 0 radical (unpaired) electrons. The molecule has 1 aromatic carbocycles. The second-order valence-electron chi connectivity index (χ2n) is 7.38. The van der Waals surface area contributed by atoms with E-state index in [1.165, 1.54) is 24.3 Å². The number of pyridine rings is 1. The molecule has 0 amide bonds. The molecule has 0 N–H and O–H groups in total. The van der Waals surface area contributed by atoms with Crippen LogP contribution in [-0.2, 0) is 10.1 Å². The molecule has 0 saturated carbocycles. The number of nitro benzene ring substituents is 1. The van der Waals surface area contributed by atoms with Crippen molar-refractivity contribution in [3.8, 4) is 0 Å². The molecule has 0 atom stereocenters. The van der Waals surface area contributed by atoms with E-state index < -0.39 is 20.6 Å². The lowest BCUT2D eigenvalue weighted by molar-refractivity contribution is -0.384. The maximum absolute atomic E-state index is 12.4. The summed E-state index contributed by atoms with van der Waals surface area (Å²) in [5.74, 6) is -0.162. The standard InChI is InChI=1S/C22H28N2O6S/c1-3-4-5-6-7-8-15-31(28,29)30-23-21(16-18(2)17-22(23)25)14-11-19-9-12-20(13-10-19)24(26)27/h9-14,16-17H,3-8,15H2,1-2H3. The highest BCUT2D eigenvalue weighted by molar-refractivity contribution is 7.86. The van der Waals surface area contributed by atoms with Gasteiger partial charge in [-0.3, -0.25) is 19.2 Å². The van der Waals surface area contributed by atoms with Crippen molar-refractivity contribution in [1.29, 1.82) is 0 Å². The number of nitrogens with zero attached hydrogens (tertiary/aromatic N) is 2. The van der Waals surface area contributed by atoms with E-state index in [1.54, 1.807) is 31.2 Å². The number of unbranched alkanes of at least 4 members (excludes halogenated alkanes) is 5. The van der Waals surface area contributed by atoms with Crippen LogP contribution in [0.5, 0.6) is 0 Å². The number of rotatable bonds is 12. The van der Waals surface area contributed by atoms with Crippen molar-refractivity contribution in [1.82, 2.24) is 4.73 Å². The van der Waals surface area contributed by atoms with E-state index in [1.807, 2.05) is 0 Å². The Kier molecular flexibility index (Phi) is 8.99. The Labute approximate surface area is 182 Å². The molecule has 2 aromatic rings. The fourth-order valence-electron chi connectivity index (χ4n) is 3.01. The summed E-state index contributed by atoms with van der Waals surface area (Å²) in [5.41, 5.74) is 0.945. The van der Waals surface area contributed by atoms with E-state index in [2.05, 4.69) is 6.92 Å². The molecular formula is C22H28N2O6S. The van der Waals surface area contributed by atoms with Gasteiger partial charge in [-0.1, -0.05) is 45.1 Å². The van der Waals surface area contributed by atoms with Crippen molar-refractivity contribution in [2.45, 2.75) is 52.4 Å². The Balaban J connectivity index is 2.15. The van der Waals surface area contributed by atoms with Crippen molar-refractivity contribution in [3.63, 3.8) is 0 Å². The molecule has 0 aliphatic rings. The third-order valence-electron chi connectivity index (χ3n) is 4.65. The number of nitro groups is 1. The second kappa shape index (κ2) is 11.5. The summed E-state index contributed by atoms with van der Waals surface area (Å²) in [4.78, 5) is 22.7. The molecule has 0 aliphatic carbocycles. The maximum Gasteiger partial charge on any atom is 0.327 e. The number of hydrogen-bond acceptors (Lipinski definition) is 6. The Morgan fingerprint density at radius 3 is 2.32 bits per heavy atom. The van der Waals surface area contributed by atoms with Crippen LogP contribution >= 0.6 is 0 Å². The minimum absolute atomic E-state index is 0.0336. The van der Waals surface area contributed by atoms with Crippen LogP contribution in [0.15, 0.2) is 41.2 Å². The van der Waals surface area contributed by atoms with E-state index in [0.29, 0.717) is 17.5 Å². The first-order chi connectivity index (χ1) is 14.7. The topological polar surface area (TPSA) is 109 Å². The normalized spacial score (nSPS) is 11.7. The molecule has 9 heteroatoms. The summed E-state index contributed by atoms with van der Waals surface area (Å²) in [6.07, 6.45) is 8.72. The van der Waals surface area contributed by atoms with Crippen molar-refractivity contribution < 1.29 is 17.6 Å². The smallest absolute Gasteiger partial charge is 0.284 e. The molecule has 8 nitrogen and oxygen atoms in total. The van der Waals surface area contributed by atoms with Gasteiger partial charge in [0.15, 0.2) is 0 Å². The lowest BCUT2D eigenvalue weighted by Crippen LogP contribution is -2.33. The Morgan fingerprint density at radius 1 is 1.03 bits per heavy atom. The summed E-state index contributed by atoms with van der Waals surface area (Å²) in [6.45, 7) is 3.84. The van der Waals surface area contributed by atoms with E-state index in [0.717, 1.165) is 36.8 Å². The first-order valence-corrected chi connectivity index (χ1v) is 11.9. The summed E-state index contributed by atoms with van der Waals surface area (Å²) in [7, 11) is -3.93. The van der Waals surface area contributed by atoms with Crippen LogP contribution in [0.25, 0.3) is 12.2 Å². The minimum Gasteiger partial charge on any atom is -0.284 e. The lowest BCUT2D eigenvalue weighted by Gasteiger charge is -2.12. The number of hydrogen-bond donors (Lipinski definition) is 0. The fourth-order valence-corrected chi connectivity index (χ4v) is 4.03. The molecule has 1 aromatic heterocycles. The lowest BCUT2D eigenvalue weighted by atomic mass is 10.1. The predicted molar refractivity (Wildman–Crippen MR) is 121 cm³/mol. The van der Waals surface area contributed by atoms with Crippen molar-refractivity contribution in [2.24, 2.45) is 0 Å². The molecule has 1 heterocycles. The Bertz CT molecular complexity index is 1070. The SMILES string of the molecule is CCCCCCCCS(=O)(=O)On1c(C=Cc2ccc([N+](=O)[O-])cc2)cc(C)cc1=O. The summed E-state index contributed by atoms with van der Waals surface area (Å²) in [5, 5.41) is 10.8. The van der Waals surface area contributed by atoms with Gasteiger partial charge in [0, 0.05) is 18.2 Å². The van der Waals surface area contributed by atoms with Crippen molar-refractivity contribution in [3.05, 3.63) is 73.7 Å². The van der Waals surface area contributed by atoms with E-state index >= 15 is 0 Å². The molecular weight excluding hydrogens is 420 g/mol. The molecule has 0 unspecified atom stereocenters. The number of benzene rings is 1. The van der Waals surface area contributed by atoms with Gasteiger partial charge in [0.2, 0.25) is 0 Å². The van der Waals surface area contributed by atoms with Gasteiger partial charge in [-0.2, -0.15) is 8.42 Å². The number of aromatic nitrogens is 1. The zero-order valence-corrected chi connectivity index (χ0v) is 18.6. The van der Waals surface area contributed by atoms with Crippen molar-refractivity contribution in [2.75, 3.05) is 5.75 Å². The third kappa shape index (κ3) is 8.01. The van der Waals surface area contributed by atoms with Gasteiger partial charge in [0.25, 0.3) is 11.2 Å². The van der Waals surface area contributed by atoms with Crippen LogP contribution < -0.4 is 9.84 Å². The molecule has 168 valence electrons. The number of non-ortho nitro benzene ring substituents is 1. The van der Waals surface area contributed by atoms with Crippen LogP contribution in [-0.4, -0.2) is 23.8 Å². The monoisotopic (exact) mass is 448 g/mol. The average Bonchev–Trinajstić information content (AvgIpc) is 2.71. The Hall–Kier alpha value is -2.94. The molecule has 0 spiro atoms. The quantitative estimate of drug-likeness (QED) is 0.271. The highest BCUT2D eigenvalue weighted by Gasteiger charge is 2.16. The van der Waals surface area contributed by atoms with Crippen LogP contribution in [0.3, 0.4) is 0 Å². The van der Waals surface area contributed by atoms with E-state index in [-0.39, 0.29) is 17.1 Å². The van der Waals surface area contributed by atoms with Gasteiger partial charge in [-0.15, -0.1) is 4.73 Å². The van der Waals surface area contributed by atoms with E-state index in [9.17, 15) is 23.3 Å². The van der Waals surface area contributed by atoms with E-state index in [4.69, 9.17) is 4.28 Å². The minimum atomic E-state index is -3.93. The van der Waals surface area contributed by atoms with Crippen molar-refractivity contribution >= 4 is 28.0 Å². The molecule has 0 aliphatic heterocycles. The molecule has 0 fully saturated rings. The first-order valence-electron chi connectivity index (χ1n) is 10.3. The van der Waals surface area contributed by atoms with Crippen LogP contribution in [0.1, 0.15) is 62.3 Å². The second-order valence-corrected chi connectivity index (χ2v) is 9.05. The van der Waals surface area contributed by atoms with Gasteiger partial charge in [0.05, 0.1) is 16.4 Å². The summed E-state index contributed by atoms with van der Waals surface area (Å²) >= 11 is 0. The largest absolute Gasteiger partial charge is 0.327 e. The highest BCUT2D eigenvalue weighted by Crippen LogP contribution is 2.15. The van der Waals surface area contributed by atoms with Gasteiger partial charge in [-0.05, 0) is 48.7 Å². The number of aryl methyl sites for hydroxylation is 1. The molecule has 31 heavy (non-hydrogen) atoms. The average molecular weight is 449 g/mol. The van der Waals surface area contributed by atoms with Crippen LogP contribution in [0.2, 0.25) is 0 Å². The maximum atomic E-state index is 12.4. The summed E-state index contributed by atoms with van der Waals surface area (Å²) in [6, 6.07) is 8.77.